The summed E-state index contributed by atoms with van der Waals surface area (Å²) < 4.78 is 36.8. The smallest absolute Gasteiger partial charge is 0.309 e. The molecule has 0 spiro atoms. The highest BCUT2D eigenvalue weighted by molar-refractivity contribution is 7.87. The summed E-state index contributed by atoms with van der Waals surface area (Å²) in [6.45, 7) is 5.66. The summed E-state index contributed by atoms with van der Waals surface area (Å²) in [5.41, 5.74) is 1.83. The molecule has 1 aliphatic heterocycles. The molecule has 0 unspecified atom stereocenters. The molecule has 0 aliphatic carbocycles. The van der Waals surface area contributed by atoms with Gasteiger partial charge in [-0.05, 0) is 105 Å². The van der Waals surface area contributed by atoms with Gasteiger partial charge in [-0.15, -0.1) is 11.3 Å². The van der Waals surface area contributed by atoms with Crippen molar-refractivity contribution in [2.45, 2.75) is 39.0 Å². The molecule has 1 saturated heterocycles. The fourth-order valence-corrected chi connectivity index (χ4v) is 7.36. The predicted molar refractivity (Wildman–Crippen MR) is 164 cm³/mol. The standard InChI is InChI=1S/C32H35NO6S2/c1-2-3-21-41(36,37)39-27-15-16-28-29(22-27)40-32(24-7-11-25(34)12-8-24)30(28)31(35)23-9-13-26(14-10-23)38-20-19-33-17-5-4-6-18-33/h7-16,22,34H,2-6,17-21H2,1H3. The van der Waals surface area contributed by atoms with Crippen LogP contribution in [0.5, 0.6) is 17.2 Å². The minimum Gasteiger partial charge on any atom is -0.508 e. The molecule has 0 atom stereocenters. The van der Waals surface area contributed by atoms with E-state index in [1.807, 2.05) is 19.1 Å². The Balaban J connectivity index is 1.41. The van der Waals surface area contributed by atoms with Gasteiger partial charge in [0.05, 0.1) is 5.75 Å². The van der Waals surface area contributed by atoms with Gasteiger partial charge in [-0.2, -0.15) is 8.42 Å². The molecular weight excluding hydrogens is 558 g/mol. The molecule has 1 aliphatic rings. The number of phenols is 1. The summed E-state index contributed by atoms with van der Waals surface area (Å²) in [5.74, 6) is 0.873. The van der Waals surface area contributed by atoms with Crippen molar-refractivity contribution in [2.24, 2.45) is 0 Å². The maximum absolute atomic E-state index is 13.9. The van der Waals surface area contributed by atoms with Crippen molar-refractivity contribution in [2.75, 3.05) is 32.0 Å². The minimum atomic E-state index is -3.71. The van der Waals surface area contributed by atoms with Crippen molar-refractivity contribution in [3.05, 3.63) is 77.9 Å². The molecule has 9 heteroatoms. The van der Waals surface area contributed by atoms with Crippen molar-refractivity contribution < 1.29 is 27.2 Å². The second kappa shape index (κ2) is 13.1. The van der Waals surface area contributed by atoms with E-state index in [-0.39, 0.29) is 23.0 Å². The zero-order chi connectivity index (χ0) is 28.8. The van der Waals surface area contributed by atoms with Crippen LogP contribution in [0.25, 0.3) is 20.5 Å². The van der Waals surface area contributed by atoms with Crippen LogP contribution in [-0.4, -0.2) is 56.2 Å². The number of piperidine rings is 1. The molecule has 7 nitrogen and oxygen atoms in total. The molecule has 0 bridgehead atoms. The van der Waals surface area contributed by atoms with Gasteiger partial charge in [0.15, 0.2) is 5.78 Å². The zero-order valence-corrected chi connectivity index (χ0v) is 24.8. The summed E-state index contributed by atoms with van der Waals surface area (Å²) in [5, 5.41) is 10.5. The number of aromatic hydroxyl groups is 1. The Hall–Kier alpha value is -3.40. The Morgan fingerprint density at radius 1 is 0.951 bits per heavy atom. The molecule has 4 aromatic rings. The topological polar surface area (TPSA) is 93.1 Å². The predicted octanol–water partition coefficient (Wildman–Crippen LogP) is 6.88. The first-order chi connectivity index (χ1) is 19.8. The fourth-order valence-electron chi connectivity index (χ4n) is 5.00. The Morgan fingerprint density at radius 3 is 2.37 bits per heavy atom. The van der Waals surface area contributed by atoms with Gasteiger partial charge >= 0.3 is 10.1 Å². The van der Waals surface area contributed by atoms with Crippen LogP contribution >= 0.6 is 11.3 Å². The monoisotopic (exact) mass is 593 g/mol. The summed E-state index contributed by atoms with van der Waals surface area (Å²) in [7, 11) is -3.71. The van der Waals surface area contributed by atoms with Gasteiger partial charge in [0, 0.05) is 32.6 Å². The number of phenolic OH excluding ortho intramolecular Hbond substituents is 1. The number of carbonyl (C=O) groups is 1. The summed E-state index contributed by atoms with van der Waals surface area (Å²) in [6, 6.07) is 18.9. The lowest BCUT2D eigenvalue weighted by atomic mass is 9.97. The third-order valence-electron chi connectivity index (χ3n) is 7.23. The summed E-state index contributed by atoms with van der Waals surface area (Å²) >= 11 is 1.38. The SMILES string of the molecule is CCCCS(=O)(=O)Oc1ccc2c(C(=O)c3ccc(OCCN4CCCCC4)cc3)c(-c3ccc(O)cc3)sc2c1. The molecule has 2 heterocycles. The van der Waals surface area contributed by atoms with Crippen molar-refractivity contribution in [1.29, 1.82) is 0 Å². The van der Waals surface area contributed by atoms with Crippen LogP contribution in [0.15, 0.2) is 66.7 Å². The maximum atomic E-state index is 13.9. The van der Waals surface area contributed by atoms with E-state index in [0.717, 1.165) is 46.9 Å². The van der Waals surface area contributed by atoms with E-state index < -0.39 is 10.1 Å². The molecule has 5 rings (SSSR count). The minimum absolute atomic E-state index is 0.0492. The molecule has 0 radical (unpaired) electrons. The first-order valence-corrected chi connectivity index (χ1v) is 16.5. The van der Waals surface area contributed by atoms with E-state index >= 15 is 0 Å². The largest absolute Gasteiger partial charge is 0.508 e. The number of unbranched alkanes of at least 4 members (excludes halogenated alkanes) is 1. The lowest BCUT2D eigenvalue weighted by Gasteiger charge is -2.26. The Morgan fingerprint density at radius 2 is 1.66 bits per heavy atom. The van der Waals surface area contributed by atoms with E-state index in [0.29, 0.717) is 29.5 Å². The van der Waals surface area contributed by atoms with Gasteiger partial charge in [0.25, 0.3) is 0 Å². The highest BCUT2D eigenvalue weighted by atomic mass is 32.2. The number of fused-ring (bicyclic) bond motifs is 1. The number of ether oxygens (including phenoxy) is 1. The molecule has 0 saturated carbocycles. The van der Waals surface area contributed by atoms with Crippen LogP contribution < -0.4 is 8.92 Å². The van der Waals surface area contributed by atoms with Crippen molar-refractivity contribution >= 4 is 37.3 Å². The number of hydrogen-bond acceptors (Lipinski definition) is 8. The van der Waals surface area contributed by atoms with Gasteiger partial charge in [-0.25, -0.2) is 0 Å². The van der Waals surface area contributed by atoms with Gasteiger partial charge in [-0.1, -0.05) is 19.8 Å². The van der Waals surface area contributed by atoms with E-state index in [9.17, 15) is 18.3 Å². The number of likely N-dealkylation sites (tertiary alicyclic amines) is 1. The van der Waals surface area contributed by atoms with Crippen LogP contribution in [0.4, 0.5) is 0 Å². The van der Waals surface area contributed by atoms with E-state index in [1.165, 1.54) is 30.6 Å². The number of carbonyl (C=O) groups excluding carboxylic acids is 1. The Bertz CT molecular complexity index is 1590. The lowest BCUT2D eigenvalue weighted by Crippen LogP contribution is -2.33. The first-order valence-electron chi connectivity index (χ1n) is 14.1. The quantitative estimate of drug-likeness (QED) is 0.141. The van der Waals surface area contributed by atoms with E-state index in [4.69, 9.17) is 8.92 Å². The van der Waals surface area contributed by atoms with E-state index in [1.54, 1.807) is 54.6 Å². The van der Waals surface area contributed by atoms with Crippen LogP contribution in [0.3, 0.4) is 0 Å². The second-order valence-corrected chi connectivity index (χ2v) is 13.1. The lowest BCUT2D eigenvalue weighted by molar-refractivity contribution is 0.104. The van der Waals surface area contributed by atoms with Crippen molar-refractivity contribution in [3.8, 4) is 27.7 Å². The number of benzene rings is 3. The molecule has 216 valence electrons. The number of hydrogen-bond donors (Lipinski definition) is 1. The molecule has 1 N–H and O–H groups in total. The highest BCUT2D eigenvalue weighted by Crippen LogP contribution is 2.42. The molecule has 41 heavy (non-hydrogen) atoms. The molecule has 3 aromatic carbocycles. The first kappa shape index (κ1) is 29.1. The van der Waals surface area contributed by atoms with Crippen molar-refractivity contribution in [3.63, 3.8) is 0 Å². The zero-order valence-electron chi connectivity index (χ0n) is 23.2. The molecular formula is C32H35NO6S2. The van der Waals surface area contributed by atoms with Gasteiger partial charge in [0.2, 0.25) is 0 Å². The average Bonchev–Trinajstić information content (AvgIpc) is 3.35. The summed E-state index contributed by atoms with van der Waals surface area (Å²) in [4.78, 5) is 17.1. The molecule has 1 aromatic heterocycles. The molecule has 0 amide bonds. The third kappa shape index (κ3) is 7.28. The Kier molecular flexibility index (Phi) is 9.27. The average molecular weight is 594 g/mol. The van der Waals surface area contributed by atoms with Crippen molar-refractivity contribution in [1.82, 2.24) is 4.90 Å². The van der Waals surface area contributed by atoms with Crippen LogP contribution in [0, 0.1) is 0 Å². The Labute approximate surface area is 245 Å². The number of thiophene rings is 1. The normalized spacial score (nSPS) is 14.3. The van der Waals surface area contributed by atoms with E-state index in [2.05, 4.69) is 4.90 Å². The fraction of sp³-hybridized carbons (Fsp3) is 0.344. The number of rotatable bonds is 12. The summed E-state index contributed by atoms with van der Waals surface area (Å²) in [6.07, 6.45) is 5.06. The highest BCUT2D eigenvalue weighted by Gasteiger charge is 2.23. The number of nitrogens with zero attached hydrogens (tertiary/aromatic N) is 1. The molecule has 1 fully saturated rings. The van der Waals surface area contributed by atoms with Crippen LogP contribution in [0.1, 0.15) is 54.9 Å². The van der Waals surface area contributed by atoms with Crippen LogP contribution in [-0.2, 0) is 10.1 Å². The van der Waals surface area contributed by atoms with Gasteiger partial charge < -0.3 is 14.0 Å². The van der Waals surface area contributed by atoms with Gasteiger partial charge in [-0.3, -0.25) is 9.69 Å². The van der Waals surface area contributed by atoms with Gasteiger partial charge in [0.1, 0.15) is 23.9 Å². The maximum Gasteiger partial charge on any atom is 0.309 e. The van der Waals surface area contributed by atoms with Crippen LogP contribution in [0.2, 0.25) is 0 Å². The number of ketones is 1. The second-order valence-electron chi connectivity index (χ2n) is 10.3. The third-order valence-corrected chi connectivity index (χ3v) is 9.67.